The molecule has 0 amide bonds. The van der Waals surface area contributed by atoms with Gasteiger partial charge in [-0.15, -0.1) is 0 Å². The van der Waals surface area contributed by atoms with Crippen molar-refractivity contribution in [3.63, 3.8) is 0 Å². The second-order valence-electron chi connectivity index (χ2n) is 6.83. The quantitative estimate of drug-likeness (QED) is 0.650. The van der Waals surface area contributed by atoms with Gasteiger partial charge in [-0.25, -0.2) is 0 Å². The van der Waals surface area contributed by atoms with Gasteiger partial charge in [-0.1, -0.05) is 59.3 Å². The van der Waals surface area contributed by atoms with Crippen molar-refractivity contribution >= 4 is 22.9 Å². The first-order chi connectivity index (χ1) is 13.6. The number of hydrogen-bond acceptors (Lipinski definition) is 4. The fourth-order valence-corrected chi connectivity index (χ4v) is 3.95. The van der Waals surface area contributed by atoms with Crippen molar-refractivity contribution in [2.45, 2.75) is 26.8 Å². The molecule has 1 atom stereocenters. The van der Waals surface area contributed by atoms with Gasteiger partial charge in [-0.3, -0.25) is 0 Å². The number of allylic oxidation sites excluding steroid dienone is 1. The van der Waals surface area contributed by atoms with Gasteiger partial charge < -0.3 is 14.7 Å². The van der Waals surface area contributed by atoms with Crippen LogP contribution in [-0.4, -0.2) is 26.7 Å². The van der Waals surface area contributed by atoms with Gasteiger partial charge in [0.25, 0.3) is 5.89 Å². The van der Waals surface area contributed by atoms with E-state index in [1.54, 1.807) is 0 Å². The molecule has 1 aliphatic heterocycles. The Morgan fingerprint density at radius 2 is 1.89 bits per heavy atom. The second kappa shape index (κ2) is 7.56. The van der Waals surface area contributed by atoms with Crippen LogP contribution >= 0.6 is 12.2 Å². The van der Waals surface area contributed by atoms with E-state index < -0.39 is 0 Å². The number of hydrogen-bond donors (Lipinski definition) is 1. The number of benzene rings is 2. The zero-order valence-corrected chi connectivity index (χ0v) is 17.0. The molecule has 0 aliphatic carbocycles. The molecule has 2 aromatic carbocycles. The molecule has 1 aromatic heterocycles. The minimum absolute atomic E-state index is 0.137. The predicted octanol–water partition coefficient (Wildman–Crippen LogP) is 4.73. The molecule has 28 heavy (non-hydrogen) atoms. The summed E-state index contributed by atoms with van der Waals surface area (Å²) in [6, 6.07) is 18.1. The summed E-state index contributed by atoms with van der Waals surface area (Å²) in [6.45, 7) is 6.94. The molecule has 6 heteroatoms. The van der Waals surface area contributed by atoms with E-state index in [-0.39, 0.29) is 6.04 Å². The van der Waals surface area contributed by atoms with E-state index in [1.165, 1.54) is 0 Å². The van der Waals surface area contributed by atoms with Crippen LogP contribution in [0.1, 0.15) is 36.9 Å². The van der Waals surface area contributed by atoms with E-state index in [0.717, 1.165) is 34.5 Å². The van der Waals surface area contributed by atoms with Crippen LogP contribution in [0, 0.1) is 6.92 Å². The van der Waals surface area contributed by atoms with Gasteiger partial charge in [0.2, 0.25) is 5.82 Å². The Balaban J connectivity index is 1.82. The summed E-state index contributed by atoms with van der Waals surface area (Å²) in [5.74, 6) is 1.10. The van der Waals surface area contributed by atoms with Gasteiger partial charge in [0.05, 0.1) is 11.6 Å². The minimum Gasteiger partial charge on any atom is -0.351 e. The van der Waals surface area contributed by atoms with Crippen LogP contribution in [0.2, 0.25) is 0 Å². The molecule has 0 saturated heterocycles. The third kappa shape index (κ3) is 3.31. The van der Waals surface area contributed by atoms with Crippen molar-refractivity contribution in [1.29, 1.82) is 0 Å². The average molecular weight is 391 g/mol. The van der Waals surface area contributed by atoms with Crippen LogP contribution < -0.4 is 5.32 Å². The third-order valence-electron chi connectivity index (χ3n) is 4.98. The van der Waals surface area contributed by atoms with E-state index in [4.69, 9.17) is 21.7 Å². The maximum atomic E-state index is 5.72. The Morgan fingerprint density at radius 3 is 2.61 bits per heavy atom. The molecule has 5 nitrogen and oxygen atoms in total. The third-order valence-corrected chi connectivity index (χ3v) is 5.32. The van der Waals surface area contributed by atoms with E-state index in [0.29, 0.717) is 16.8 Å². The molecule has 1 aliphatic rings. The SMILES string of the molecule is CCN1C(=S)NC(c2ccccc2)C(c2nc(-c3cccc(C)c3)no2)=C1C. The van der Waals surface area contributed by atoms with Crippen LogP contribution in [0.3, 0.4) is 0 Å². The van der Waals surface area contributed by atoms with Gasteiger partial charge >= 0.3 is 0 Å². The molecule has 0 radical (unpaired) electrons. The Hall–Kier alpha value is -2.99. The standard InChI is InChI=1S/C22H22N4OS/c1-4-26-15(3)18(19(23-22(26)28)16-10-6-5-7-11-16)21-24-20(25-27-21)17-12-8-9-14(2)13-17/h5-13,19H,4H2,1-3H3,(H,23,28). The first kappa shape index (κ1) is 18.4. The van der Waals surface area contributed by atoms with E-state index in [2.05, 4.69) is 47.4 Å². The first-order valence-electron chi connectivity index (χ1n) is 9.33. The highest BCUT2D eigenvalue weighted by Crippen LogP contribution is 2.37. The minimum atomic E-state index is -0.137. The van der Waals surface area contributed by atoms with Crippen molar-refractivity contribution in [1.82, 2.24) is 20.4 Å². The highest BCUT2D eigenvalue weighted by molar-refractivity contribution is 7.80. The Labute approximate surface area is 170 Å². The number of rotatable bonds is 4. The summed E-state index contributed by atoms with van der Waals surface area (Å²) in [6.07, 6.45) is 0. The lowest BCUT2D eigenvalue weighted by atomic mass is 9.95. The van der Waals surface area contributed by atoms with Gasteiger partial charge in [0.15, 0.2) is 5.11 Å². The van der Waals surface area contributed by atoms with Crippen LogP contribution in [-0.2, 0) is 0 Å². The summed E-state index contributed by atoms with van der Waals surface area (Å²) in [5, 5.41) is 8.38. The van der Waals surface area contributed by atoms with Gasteiger partial charge in [-0.05, 0) is 44.6 Å². The lowest BCUT2D eigenvalue weighted by molar-refractivity contribution is 0.398. The molecule has 1 unspecified atom stereocenters. The average Bonchev–Trinajstić information content (AvgIpc) is 3.18. The van der Waals surface area contributed by atoms with Crippen molar-refractivity contribution < 1.29 is 4.52 Å². The monoisotopic (exact) mass is 390 g/mol. The van der Waals surface area contributed by atoms with Crippen LogP contribution in [0.5, 0.6) is 0 Å². The maximum Gasteiger partial charge on any atom is 0.258 e. The number of nitrogens with zero attached hydrogens (tertiary/aromatic N) is 3. The summed E-state index contributed by atoms with van der Waals surface area (Å²) in [4.78, 5) is 6.78. The second-order valence-corrected chi connectivity index (χ2v) is 7.22. The number of aromatic nitrogens is 2. The largest absolute Gasteiger partial charge is 0.351 e. The lowest BCUT2D eigenvalue weighted by Gasteiger charge is -2.36. The molecular formula is C22H22N4OS. The summed E-state index contributed by atoms with van der Waals surface area (Å²) >= 11 is 5.59. The molecular weight excluding hydrogens is 368 g/mol. The van der Waals surface area contributed by atoms with Crippen molar-refractivity contribution in [3.8, 4) is 11.4 Å². The Morgan fingerprint density at radius 1 is 1.11 bits per heavy atom. The molecule has 0 saturated carbocycles. The van der Waals surface area contributed by atoms with Gasteiger partial charge in [-0.2, -0.15) is 4.98 Å². The molecule has 4 rings (SSSR count). The number of thiocarbonyl (C=S) groups is 1. The van der Waals surface area contributed by atoms with E-state index >= 15 is 0 Å². The van der Waals surface area contributed by atoms with E-state index in [9.17, 15) is 0 Å². The highest BCUT2D eigenvalue weighted by Gasteiger charge is 2.33. The Bertz CT molecular complexity index is 1040. The van der Waals surface area contributed by atoms with Gasteiger partial charge in [0, 0.05) is 17.8 Å². The topological polar surface area (TPSA) is 54.2 Å². The van der Waals surface area contributed by atoms with Crippen molar-refractivity contribution in [3.05, 3.63) is 77.3 Å². The smallest absolute Gasteiger partial charge is 0.258 e. The zero-order chi connectivity index (χ0) is 19.7. The maximum absolute atomic E-state index is 5.72. The van der Waals surface area contributed by atoms with Crippen LogP contribution in [0.25, 0.3) is 17.0 Å². The normalized spacial score (nSPS) is 17.0. The fourth-order valence-electron chi connectivity index (χ4n) is 3.57. The molecule has 0 fully saturated rings. The van der Waals surface area contributed by atoms with Crippen LogP contribution in [0.15, 0.2) is 64.8 Å². The Kier molecular flexibility index (Phi) is 4.96. The first-order valence-corrected chi connectivity index (χ1v) is 9.74. The number of aryl methyl sites for hydroxylation is 1. The van der Waals surface area contributed by atoms with Crippen molar-refractivity contribution in [2.75, 3.05) is 6.54 Å². The summed E-state index contributed by atoms with van der Waals surface area (Å²) < 4.78 is 5.72. The van der Waals surface area contributed by atoms with E-state index in [1.807, 2.05) is 43.3 Å². The molecule has 0 bridgehead atoms. The van der Waals surface area contributed by atoms with Crippen LogP contribution in [0.4, 0.5) is 0 Å². The zero-order valence-electron chi connectivity index (χ0n) is 16.1. The molecule has 1 N–H and O–H groups in total. The summed E-state index contributed by atoms with van der Waals surface area (Å²) in [7, 11) is 0. The van der Waals surface area contributed by atoms with Gasteiger partial charge in [0.1, 0.15) is 0 Å². The van der Waals surface area contributed by atoms with Crippen molar-refractivity contribution in [2.24, 2.45) is 0 Å². The predicted molar refractivity (Wildman–Crippen MR) is 114 cm³/mol. The lowest BCUT2D eigenvalue weighted by Crippen LogP contribution is -2.45. The number of nitrogens with one attached hydrogen (secondary N) is 1. The molecule has 142 valence electrons. The molecule has 2 heterocycles. The molecule has 0 spiro atoms. The molecule has 3 aromatic rings. The highest BCUT2D eigenvalue weighted by atomic mass is 32.1. The summed E-state index contributed by atoms with van der Waals surface area (Å²) in [5.41, 5.74) is 5.18. The fraction of sp³-hybridized carbons (Fsp3) is 0.227.